The van der Waals surface area contributed by atoms with Crippen molar-refractivity contribution in [3.8, 4) is 5.75 Å². The fourth-order valence-electron chi connectivity index (χ4n) is 1.66. The van der Waals surface area contributed by atoms with E-state index >= 15 is 0 Å². The number of anilines is 2. The molecule has 1 heterocycles. The fraction of sp³-hybridized carbons (Fsp3) is 0.231. The van der Waals surface area contributed by atoms with Gasteiger partial charge in [-0.3, -0.25) is 10.4 Å². The first-order valence-electron chi connectivity index (χ1n) is 5.97. The molecule has 2 amide bonds. The fourth-order valence-corrected chi connectivity index (χ4v) is 1.66. The molecule has 0 radical (unpaired) electrons. The van der Waals surface area contributed by atoms with Crippen LogP contribution < -0.4 is 15.4 Å². The van der Waals surface area contributed by atoms with Crippen molar-refractivity contribution in [2.24, 2.45) is 0 Å². The van der Waals surface area contributed by atoms with Gasteiger partial charge in [-0.05, 0) is 18.6 Å². The number of aryl methyl sites for hydroxylation is 1. The van der Waals surface area contributed by atoms with Gasteiger partial charge in [0.05, 0.1) is 13.3 Å². The lowest BCUT2D eigenvalue weighted by atomic mass is 10.2. The Bertz CT molecular complexity index is 565. The molecule has 3 N–H and O–H groups in total. The van der Waals surface area contributed by atoms with Crippen LogP contribution in [0.3, 0.4) is 0 Å². The number of ether oxygens (including phenoxy) is 1. The van der Waals surface area contributed by atoms with Gasteiger partial charge in [0.2, 0.25) is 0 Å². The van der Waals surface area contributed by atoms with Gasteiger partial charge < -0.3 is 10.1 Å². The summed E-state index contributed by atoms with van der Waals surface area (Å²) in [4.78, 5) is 11.8. The van der Waals surface area contributed by atoms with Crippen LogP contribution in [0.25, 0.3) is 0 Å². The second kappa shape index (κ2) is 5.90. The number of aromatic amines is 1. The maximum atomic E-state index is 11.8. The lowest BCUT2D eigenvalue weighted by Crippen LogP contribution is -2.20. The molecule has 0 saturated carbocycles. The largest absolute Gasteiger partial charge is 0.497 e. The molecule has 2 rings (SSSR count). The van der Waals surface area contributed by atoms with E-state index in [1.54, 1.807) is 25.4 Å². The number of nitrogens with zero attached hydrogens (tertiary/aromatic N) is 1. The summed E-state index contributed by atoms with van der Waals surface area (Å²) in [6, 6.07) is 6.82. The van der Waals surface area contributed by atoms with Gasteiger partial charge in [-0.2, -0.15) is 5.10 Å². The summed E-state index contributed by atoms with van der Waals surface area (Å²) >= 11 is 0. The van der Waals surface area contributed by atoms with Crippen molar-refractivity contribution in [2.75, 3.05) is 17.7 Å². The smallest absolute Gasteiger partial charge is 0.324 e. The van der Waals surface area contributed by atoms with Crippen LogP contribution in [-0.2, 0) is 6.42 Å². The molecule has 0 unspecified atom stereocenters. The molecule has 0 saturated heterocycles. The average Bonchev–Trinajstić information content (AvgIpc) is 2.86. The molecular weight excluding hydrogens is 244 g/mol. The molecule has 1 aromatic heterocycles. The van der Waals surface area contributed by atoms with E-state index in [2.05, 4.69) is 20.8 Å². The van der Waals surface area contributed by atoms with Crippen LogP contribution in [0.15, 0.2) is 30.5 Å². The second-order valence-electron chi connectivity index (χ2n) is 3.93. The van der Waals surface area contributed by atoms with E-state index in [1.165, 1.54) is 0 Å². The van der Waals surface area contributed by atoms with Crippen LogP contribution >= 0.6 is 0 Å². The Hall–Kier alpha value is -2.50. The number of hydrogen-bond donors (Lipinski definition) is 3. The molecule has 0 spiro atoms. The van der Waals surface area contributed by atoms with E-state index in [0.29, 0.717) is 17.3 Å². The third-order valence-electron chi connectivity index (χ3n) is 2.66. The van der Waals surface area contributed by atoms with E-state index < -0.39 is 0 Å². The minimum atomic E-state index is -0.327. The first-order chi connectivity index (χ1) is 9.22. The normalized spacial score (nSPS) is 10.0. The van der Waals surface area contributed by atoms with Crippen molar-refractivity contribution in [3.05, 3.63) is 36.0 Å². The summed E-state index contributed by atoms with van der Waals surface area (Å²) in [7, 11) is 1.58. The van der Waals surface area contributed by atoms with Crippen molar-refractivity contribution in [2.45, 2.75) is 13.3 Å². The minimum Gasteiger partial charge on any atom is -0.497 e. The highest BCUT2D eigenvalue weighted by molar-refractivity contribution is 5.99. The quantitative estimate of drug-likeness (QED) is 0.790. The Morgan fingerprint density at radius 2 is 2.26 bits per heavy atom. The van der Waals surface area contributed by atoms with Gasteiger partial charge in [-0.15, -0.1) is 0 Å². The SMILES string of the molecule is CCc1cn[nH]c1NC(=O)Nc1cccc(OC)c1. The molecule has 1 aromatic carbocycles. The molecule has 0 aliphatic rings. The molecule has 0 fully saturated rings. The first kappa shape index (κ1) is 12.9. The molecular formula is C13H16N4O2. The highest BCUT2D eigenvalue weighted by atomic mass is 16.5. The Kier molecular flexibility index (Phi) is 4.02. The van der Waals surface area contributed by atoms with Gasteiger partial charge in [0.25, 0.3) is 0 Å². The van der Waals surface area contributed by atoms with E-state index in [4.69, 9.17) is 4.74 Å². The lowest BCUT2D eigenvalue weighted by molar-refractivity contribution is 0.262. The van der Waals surface area contributed by atoms with E-state index in [1.807, 2.05) is 19.1 Å². The molecule has 6 heteroatoms. The van der Waals surface area contributed by atoms with Crippen molar-refractivity contribution >= 4 is 17.5 Å². The number of methoxy groups -OCH3 is 1. The molecule has 19 heavy (non-hydrogen) atoms. The number of carbonyl (C=O) groups excluding carboxylic acids is 1. The Morgan fingerprint density at radius 3 is 3.00 bits per heavy atom. The molecule has 100 valence electrons. The van der Waals surface area contributed by atoms with Crippen LogP contribution in [0.2, 0.25) is 0 Å². The van der Waals surface area contributed by atoms with Gasteiger partial charge in [-0.1, -0.05) is 13.0 Å². The lowest BCUT2D eigenvalue weighted by Gasteiger charge is -2.08. The van der Waals surface area contributed by atoms with Gasteiger partial charge in [0.15, 0.2) is 0 Å². The zero-order valence-electron chi connectivity index (χ0n) is 10.9. The third-order valence-corrected chi connectivity index (χ3v) is 2.66. The first-order valence-corrected chi connectivity index (χ1v) is 5.97. The number of rotatable bonds is 4. The number of nitrogens with one attached hydrogen (secondary N) is 3. The van der Waals surface area contributed by atoms with Crippen LogP contribution in [-0.4, -0.2) is 23.3 Å². The maximum absolute atomic E-state index is 11.8. The summed E-state index contributed by atoms with van der Waals surface area (Å²) in [5.74, 6) is 1.30. The summed E-state index contributed by atoms with van der Waals surface area (Å²) in [5, 5.41) is 12.1. The summed E-state index contributed by atoms with van der Waals surface area (Å²) in [6.07, 6.45) is 2.49. The molecule has 0 atom stereocenters. The number of H-pyrrole nitrogens is 1. The Balaban J connectivity index is 2.01. The van der Waals surface area contributed by atoms with Crippen molar-refractivity contribution in [3.63, 3.8) is 0 Å². The zero-order chi connectivity index (χ0) is 13.7. The Labute approximate surface area is 111 Å². The van der Waals surface area contributed by atoms with E-state index in [9.17, 15) is 4.79 Å². The minimum absolute atomic E-state index is 0.327. The number of hydrogen-bond acceptors (Lipinski definition) is 3. The molecule has 0 aliphatic heterocycles. The number of amides is 2. The maximum Gasteiger partial charge on any atom is 0.324 e. The summed E-state index contributed by atoms with van der Waals surface area (Å²) in [5.41, 5.74) is 1.62. The predicted octanol–water partition coefficient (Wildman–Crippen LogP) is 2.62. The van der Waals surface area contributed by atoms with Gasteiger partial charge in [-0.25, -0.2) is 4.79 Å². The predicted molar refractivity (Wildman–Crippen MR) is 73.6 cm³/mol. The van der Waals surface area contributed by atoms with Crippen molar-refractivity contribution in [1.82, 2.24) is 10.2 Å². The number of urea groups is 1. The summed E-state index contributed by atoms with van der Waals surface area (Å²) in [6.45, 7) is 2.00. The average molecular weight is 260 g/mol. The standard InChI is InChI=1S/C13H16N4O2/c1-3-9-8-14-17-12(9)16-13(18)15-10-5-4-6-11(7-10)19-2/h4-8H,3H2,1-2H3,(H3,14,15,16,17,18). The Morgan fingerprint density at radius 1 is 1.42 bits per heavy atom. The van der Waals surface area contributed by atoms with Crippen LogP contribution in [0, 0.1) is 0 Å². The van der Waals surface area contributed by atoms with Gasteiger partial charge >= 0.3 is 6.03 Å². The van der Waals surface area contributed by atoms with Crippen molar-refractivity contribution < 1.29 is 9.53 Å². The van der Waals surface area contributed by atoms with Crippen LogP contribution in [0.4, 0.5) is 16.3 Å². The molecule has 0 bridgehead atoms. The number of aromatic nitrogens is 2. The molecule has 6 nitrogen and oxygen atoms in total. The van der Waals surface area contributed by atoms with E-state index in [-0.39, 0.29) is 6.03 Å². The van der Waals surface area contributed by atoms with E-state index in [0.717, 1.165) is 12.0 Å². The number of carbonyl (C=O) groups is 1. The third kappa shape index (κ3) is 3.25. The molecule has 2 aromatic rings. The van der Waals surface area contributed by atoms with Crippen molar-refractivity contribution in [1.29, 1.82) is 0 Å². The molecule has 0 aliphatic carbocycles. The highest BCUT2D eigenvalue weighted by Gasteiger charge is 2.08. The highest BCUT2D eigenvalue weighted by Crippen LogP contribution is 2.17. The van der Waals surface area contributed by atoms with Crippen LogP contribution in [0.1, 0.15) is 12.5 Å². The monoisotopic (exact) mass is 260 g/mol. The zero-order valence-corrected chi connectivity index (χ0v) is 10.9. The van der Waals surface area contributed by atoms with Gasteiger partial charge in [0.1, 0.15) is 11.6 Å². The number of benzene rings is 1. The summed E-state index contributed by atoms with van der Waals surface area (Å²) < 4.78 is 5.09. The second-order valence-corrected chi connectivity index (χ2v) is 3.93. The van der Waals surface area contributed by atoms with Gasteiger partial charge in [0, 0.05) is 17.3 Å². The topological polar surface area (TPSA) is 79.0 Å². The van der Waals surface area contributed by atoms with Crippen LogP contribution in [0.5, 0.6) is 5.75 Å².